The van der Waals surface area contributed by atoms with Crippen molar-refractivity contribution in [2.24, 2.45) is 33.8 Å². The van der Waals surface area contributed by atoms with Crippen molar-refractivity contribution in [3.63, 3.8) is 0 Å². The Morgan fingerprint density at radius 1 is 0.865 bits per heavy atom. The van der Waals surface area contributed by atoms with Gasteiger partial charge < -0.3 is 49.1 Å². The molecule has 0 radical (unpaired) electrons. The van der Waals surface area contributed by atoms with Crippen LogP contribution in [0.25, 0.3) is 0 Å². The Labute approximate surface area is 216 Å². The molecule has 0 rings (SSSR count). The van der Waals surface area contributed by atoms with Crippen molar-refractivity contribution in [1.82, 2.24) is 16.0 Å². The van der Waals surface area contributed by atoms with Crippen LogP contribution in [-0.4, -0.2) is 83.1 Å². The summed E-state index contributed by atoms with van der Waals surface area (Å²) in [7, 11) is 0. The quantitative estimate of drug-likeness (QED) is 0.0480. The highest BCUT2D eigenvalue weighted by molar-refractivity contribution is 5.95. The molecule has 0 saturated carbocycles. The number of carboxylic acid groups (broad SMARTS) is 2. The minimum Gasteiger partial charge on any atom is -0.481 e. The third kappa shape index (κ3) is 14.0. The van der Waals surface area contributed by atoms with Crippen molar-refractivity contribution >= 4 is 35.6 Å². The highest BCUT2D eigenvalue weighted by atomic mass is 16.4. The fourth-order valence-electron chi connectivity index (χ4n) is 3.28. The first kappa shape index (κ1) is 33.5. The molecule has 13 N–H and O–H groups in total. The van der Waals surface area contributed by atoms with Crippen molar-refractivity contribution in [2.45, 2.75) is 83.0 Å². The third-order valence-electron chi connectivity index (χ3n) is 5.67. The number of carboxylic acids is 2. The lowest BCUT2D eigenvalue weighted by molar-refractivity contribution is -0.144. The topological polar surface area (TPSA) is 278 Å². The molecule has 0 aromatic heterocycles. The summed E-state index contributed by atoms with van der Waals surface area (Å²) in [5.74, 6) is -5.73. The van der Waals surface area contributed by atoms with Gasteiger partial charge >= 0.3 is 11.9 Å². The van der Waals surface area contributed by atoms with Crippen molar-refractivity contribution < 1.29 is 34.2 Å². The van der Waals surface area contributed by atoms with E-state index in [1.807, 2.05) is 0 Å². The average molecular weight is 531 g/mol. The molecule has 0 aliphatic carbocycles. The number of unbranched alkanes of at least 4 members (excludes halogenated alkanes) is 1. The lowest BCUT2D eigenvalue weighted by Gasteiger charge is -2.26. The number of aliphatic carboxylic acids is 2. The molecule has 15 nitrogen and oxygen atoms in total. The molecular weight excluding hydrogens is 488 g/mol. The van der Waals surface area contributed by atoms with Gasteiger partial charge in [0.1, 0.15) is 18.1 Å². The second-order valence-corrected chi connectivity index (χ2v) is 8.77. The van der Waals surface area contributed by atoms with Gasteiger partial charge in [0.15, 0.2) is 5.96 Å². The van der Waals surface area contributed by atoms with E-state index >= 15 is 0 Å². The van der Waals surface area contributed by atoms with E-state index < -0.39 is 66.2 Å². The summed E-state index contributed by atoms with van der Waals surface area (Å²) in [6, 6.07) is -4.97. The minimum atomic E-state index is -1.59. The van der Waals surface area contributed by atoms with Gasteiger partial charge in [-0.05, 0) is 38.1 Å². The number of guanidine groups is 1. The van der Waals surface area contributed by atoms with Crippen LogP contribution in [0.5, 0.6) is 0 Å². The number of nitrogens with zero attached hydrogens (tertiary/aromatic N) is 1. The zero-order valence-corrected chi connectivity index (χ0v) is 21.4. The number of nitrogens with two attached hydrogens (primary N) is 4. The number of hydrogen-bond donors (Lipinski definition) is 9. The average Bonchev–Trinajstić information content (AvgIpc) is 2.82. The van der Waals surface area contributed by atoms with Gasteiger partial charge in [0.2, 0.25) is 17.7 Å². The van der Waals surface area contributed by atoms with E-state index in [-0.39, 0.29) is 25.3 Å². The maximum atomic E-state index is 13.0. The number of carbonyl (C=O) groups excluding carboxylic acids is 3. The van der Waals surface area contributed by atoms with E-state index in [1.165, 1.54) is 0 Å². The summed E-state index contributed by atoms with van der Waals surface area (Å²) in [5, 5.41) is 25.8. The fraction of sp³-hybridized carbons (Fsp3) is 0.727. The Balaban J connectivity index is 5.62. The Bertz CT molecular complexity index is 804. The minimum absolute atomic E-state index is 0.0515. The first-order valence-corrected chi connectivity index (χ1v) is 12.2. The molecular formula is C22H42N8O7. The van der Waals surface area contributed by atoms with Crippen molar-refractivity contribution in [1.29, 1.82) is 0 Å². The summed E-state index contributed by atoms with van der Waals surface area (Å²) in [6.07, 6.45) is 1.55. The van der Waals surface area contributed by atoms with E-state index in [9.17, 15) is 34.2 Å². The van der Waals surface area contributed by atoms with Gasteiger partial charge in [-0.25, -0.2) is 4.79 Å². The van der Waals surface area contributed by atoms with Crippen LogP contribution in [0, 0.1) is 5.92 Å². The van der Waals surface area contributed by atoms with Crippen LogP contribution >= 0.6 is 0 Å². The maximum Gasteiger partial charge on any atom is 0.326 e. The van der Waals surface area contributed by atoms with Crippen LogP contribution in [-0.2, 0) is 24.0 Å². The second-order valence-electron chi connectivity index (χ2n) is 8.77. The first-order valence-electron chi connectivity index (χ1n) is 12.2. The second kappa shape index (κ2) is 17.9. The molecule has 0 bridgehead atoms. The zero-order chi connectivity index (χ0) is 28.5. The Kier molecular flexibility index (Phi) is 16.2. The molecule has 0 aliphatic rings. The Morgan fingerprint density at radius 2 is 1.46 bits per heavy atom. The molecule has 15 heteroatoms. The molecule has 212 valence electrons. The molecule has 0 fully saturated rings. The molecule has 0 spiro atoms. The zero-order valence-electron chi connectivity index (χ0n) is 21.4. The van der Waals surface area contributed by atoms with Gasteiger partial charge in [0, 0.05) is 6.54 Å². The highest BCUT2D eigenvalue weighted by Gasteiger charge is 2.32. The van der Waals surface area contributed by atoms with Crippen LogP contribution in [0.15, 0.2) is 4.99 Å². The summed E-state index contributed by atoms with van der Waals surface area (Å²) in [6.45, 7) is 3.94. The number of amides is 3. The number of carbonyl (C=O) groups is 5. The van der Waals surface area contributed by atoms with Gasteiger partial charge in [-0.1, -0.05) is 26.7 Å². The molecule has 3 amide bonds. The summed E-state index contributed by atoms with van der Waals surface area (Å²) >= 11 is 0. The van der Waals surface area contributed by atoms with Crippen LogP contribution in [0.4, 0.5) is 0 Å². The number of nitrogens with one attached hydrogen (secondary N) is 3. The molecule has 0 aromatic rings. The first-order chi connectivity index (χ1) is 17.3. The summed E-state index contributed by atoms with van der Waals surface area (Å²) < 4.78 is 0. The normalized spacial score (nSPS) is 14.8. The maximum absolute atomic E-state index is 13.0. The van der Waals surface area contributed by atoms with Crippen LogP contribution < -0.4 is 38.9 Å². The smallest absolute Gasteiger partial charge is 0.326 e. The van der Waals surface area contributed by atoms with Gasteiger partial charge in [-0.15, -0.1) is 0 Å². The van der Waals surface area contributed by atoms with Gasteiger partial charge in [0.05, 0.1) is 12.5 Å². The Hall–Kier alpha value is -3.46. The molecule has 5 atom stereocenters. The number of hydrogen-bond acceptors (Lipinski definition) is 8. The molecule has 0 heterocycles. The van der Waals surface area contributed by atoms with Crippen LogP contribution in [0.2, 0.25) is 0 Å². The molecule has 5 unspecified atom stereocenters. The van der Waals surface area contributed by atoms with Crippen molar-refractivity contribution in [2.75, 3.05) is 13.1 Å². The summed E-state index contributed by atoms with van der Waals surface area (Å²) in [5.41, 5.74) is 21.9. The van der Waals surface area contributed by atoms with E-state index in [0.29, 0.717) is 32.2 Å². The van der Waals surface area contributed by atoms with Crippen molar-refractivity contribution in [3.05, 3.63) is 0 Å². The molecule has 0 saturated heterocycles. The molecule has 0 aliphatic heterocycles. The molecule has 0 aromatic carbocycles. The standard InChI is InChI=1S/C22H42N8O7/c1-3-12(2)17(21(36)37)30-20(35)15(11-16(31)32)29-19(34)14(8-6-10-27-22(25)26)28-18(33)13(24)7-4-5-9-23/h12-15,17H,3-11,23-24H2,1-2H3,(H,28,33)(H,29,34)(H,30,35)(H,31,32)(H,36,37)(H4,25,26,27). The Morgan fingerprint density at radius 3 is 1.97 bits per heavy atom. The largest absolute Gasteiger partial charge is 0.481 e. The molecule has 37 heavy (non-hydrogen) atoms. The van der Waals surface area contributed by atoms with E-state index in [2.05, 4.69) is 20.9 Å². The fourth-order valence-corrected chi connectivity index (χ4v) is 3.28. The van der Waals surface area contributed by atoms with Crippen LogP contribution in [0.1, 0.15) is 58.8 Å². The lowest BCUT2D eigenvalue weighted by atomic mass is 9.98. The van der Waals surface area contributed by atoms with Crippen molar-refractivity contribution in [3.8, 4) is 0 Å². The SMILES string of the molecule is CCC(C)C(NC(=O)C(CC(=O)O)NC(=O)C(CCCN=C(N)N)NC(=O)C(N)CCCCN)C(=O)O. The predicted molar refractivity (Wildman–Crippen MR) is 136 cm³/mol. The van der Waals surface area contributed by atoms with E-state index in [4.69, 9.17) is 22.9 Å². The highest BCUT2D eigenvalue weighted by Crippen LogP contribution is 2.09. The number of aliphatic imine (C=N–C) groups is 1. The lowest BCUT2D eigenvalue weighted by Crippen LogP contribution is -2.58. The van der Waals surface area contributed by atoms with Gasteiger partial charge in [-0.3, -0.25) is 24.2 Å². The van der Waals surface area contributed by atoms with Gasteiger partial charge in [-0.2, -0.15) is 0 Å². The van der Waals surface area contributed by atoms with Gasteiger partial charge in [0.25, 0.3) is 0 Å². The third-order valence-corrected chi connectivity index (χ3v) is 5.67. The predicted octanol–water partition coefficient (Wildman–Crippen LogP) is -2.44. The summed E-state index contributed by atoms with van der Waals surface area (Å²) in [4.78, 5) is 65.1. The van der Waals surface area contributed by atoms with Crippen LogP contribution in [0.3, 0.4) is 0 Å². The number of rotatable bonds is 19. The van der Waals surface area contributed by atoms with E-state index in [0.717, 1.165) is 0 Å². The monoisotopic (exact) mass is 530 g/mol. The van der Waals surface area contributed by atoms with E-state index in [1.54, 1.807) is 13.8 Å².